The zero-order valence-corrected chi connectivity index (χ0v) is 6.79. The number of carbonyl (C=O) groups excluding carboxylic acids is 1. The lowest BCUT2D eigenvalue weighted by Gasteiger charge is -2.33. The monoisotopic (exact) mass is 151 g/mol. The quantitative estimate of drug-likeness (QED) is 0.476. The molecule has 0 radical (unpaired) electrons. The molecule has 0 N–H and O–H groups in total. The summed E-state index contributed by atoms with van der Waals surface area (Å²) in [6, 6.07) is 0.484. The van der Waals surface area contributed by atoms with Crippen LogP contribution in [0.1, 0.15) is 19.3 Å². The van der Waals surface area contributed by atoms with E-state index in [4.69, 9.17) is 0 Å². The lowest BCUT2D eigenvalue weighted by atomic mass is 9.95. The van der Waals surface area contributed by atoms with E-state index in [1.807, 2.05) is 11.9 Å². The van der Waals surface area contributed by atoms with Gasteiger partial charge in [-0.2, -0.15) is 0 Å². The summed E-state index contributed by atoms with van der Waals surface area (Å²) in [7, 11) is 1.92. The summed E-state index contributed by atoms with van der Waals surface area (Å²) in [6.07, 6.45) is 7.53. The van der Waals surface area contributed by atoms with Gasteiger partial charge in [-0.05, 0) is 19.3 Å². The summed E-state index contributed by atoms with van der Waals surface area (Å²) in [6.45, 7) is 0. The average molecular weight is 151 g/mol. The zero-order valence-electron chi connectivity index (χ0n) is 6.79. The molecule has 60 valence electrons. The number of hydrogen-bond acceptors (Lipinski definition) is 1. The molecule has 1 fully saturated rings. The molecule has 3 aliphatic rings. The molecule has 0 saturated carbocycles. The average Bonchev–Trinajstić information content (AvgIpc) is 2.30. The minimum Gasteiger partial charge on any atom is -0.342 e. The molecule has 1 saturated heterocycles. The molecule has 2 heterocycles. The fourth-order valence-corrected chi connectivity index (χ4v) is 1.98. The van der Waals surface area contributed by atoms with Gasteiger partial charge < -0.3 is 4.90 Å². The van der Waals surface area contributed by atoms with Crippen LogP contribution in [0.2, 0.25) is 0 Å². The molecule has 2 unspecified atom stereocenters. The third-order valence-corrected chi connectivity index (χ3v) is 2.80. The lowest BCUT2D eigenvalue weighted by molar-refractivity contribution is -0.137. The van der Waals surface area contributed by atoms with Gasteiger partial charge in [0, 0.05) is 13.1 Å². The predicted octanol–water partition coefficient (Wildman–Crippen LogP) is 1.18. The first kappa shape index (κ1) is 6.89. The molecular formula is C9H13NO. The van der Waals surface area contributed by atoms with Crippen molar-refractivity contribution < 1.29 is 4.79 Å². The highest BCUT2D eigenvalue weighted by Crippen LogP contribution is 2.28. The molecule has 2 aliphatic heterocycles. The smallest absolute Gasteiger partial charge is 0.229 e. The van der Waals surface area contributed by atoms with Crippen LogP contribution >= 0.6 is 0 Å². The van der Waals surface area contributed by atoms with Gasteiger partial charge in [0.1, 0.15) is 0 Å². The van der Waals surface area contributed by atoms with E-state index in [1.54, 1.807) is 0 Å². The fourth-order valence-electron chi connectivity index (χ4n) is 1.98. The van der Waals surface area contributed by atoms with Crippen molar-refractivity contribution in [2.75, 3.05) is 7.05 Å². The third-order valence-electron chi connectivity index (χ3n) is 2.80. The molecule has 0 aromatic heterocycles. The summed E-state index contributed by atoms with van der Waals surface area (Å²) in [5.74, 6) is 0.508. The summed E-state index contributed by atoms with van der Waals surface area (Å²) in [5.41, 5.74) is 0. The summed E-state index contributed by atoms with van der Waals surface area (Å²) in [4.78, 5) is 13.4. The third kappa shape index (κ3) is 0.971. The molecule has 2 atom stereocenters. The van der Waals surface area contributed by atoms with Crippen molar-refractivity contribution in [2.24, 2.45) is 5.92 Å². The minimum absolute atomic E-state index is 0.193. The van der Waals surface area contributed by atoms with Crippen molar-refractivity contribution in [2.45, 2.75) is 25.3 Å². The number of amides is 1. The SMILES string of the molecule is CN1C(=O)C2C=CCC1CC2. The van der Waals surface area contributed by atoms with E-state index >= 15 is 0 Å². The second-order valence-electron chi connectivity index (χ2n) is 3.45. The Kier molecular flexibility index (Phi) is 1.48. The van der Waals surface area contributed by atoms with Gasteiger partial charge >= 0.3 is 0 Å². The fraction of sp³-hybridized carbons (Fsp3) is 0.667. The maximum absolute atomic E-state index is 11.5. The second kappa shape index (κ2) is 2.36. The molecule has 1 aliphatic carbocycles. The summed E-state index contributed by atoms with van der Waals surface area (Å²) >= 11 is 0. The standard InChI is InChI=1S/C9H13NO/c1-10-8-4-2-3-7(5-6-8)9(10)11/h2-3,7-8H,4-6H2,1H3. The Morgan fingerprint density at radius 2 is 2.36 bits per heavy atom. The Bertz CT molecular complexity index is 210. The Morgan fingerprint density at radius 1 is 1.55 bits per heavy atom. The van der Waals surface area contributed by atoms with E-state index in [9.17, 15) is 4.79 Å². The van der Waals surface area contributed by atoms with Crippen LogP contribution in [0.3, 0.4) is 0 Å². The first-order valence-corrected chi connectivity index (χ1v) is 4.22. The predicted molar refractivity (Wildman–Crippen MR) is 43.0 cm³/mol. The van der Waals surface area contributed by atoms with Gasteiger partial charge in [0.05, 0.1) is 5.92 Å². The summed E-state index contributed by atoms with van der Waals surface area (Å²) in [5, 5.41) is 0. The number of hydrogen-bond donors (Lipinski definition) is 0. The van der Waals surface area contributed by atoms with Gasteiger partial charge in [-0.15, -0.1) is 0 Å². The van der Waals surface area contributed by atoms with Gasteiger partial charge in [-0.1, -0.05) is 12.2 Å². The number of nitrogens with zero attached hydrogens (tertiary/aromatic N) is 1. The van der Waals surface area contributed by atoms with Crippen LogP contribution in [0.5, 0.6) is 0 Å². The van der Waals surface area contributed by atoms with E-state index < -0.39 is 0 Å². The van der Waals surface area contributed by atoms with Crippen LogP contribution in [0.25, 0.3) is 0 Å². The van der Waals surface area contributed by atoms with Crippen LogP contribution in [0.15, 0.2) is 12.2 Å². The Balaban J connectivity index is 2.29. The minimum atomic E-state index is 0.193. The van der Waals surface area contributed by atoms with E-state index in [-0.39, 0.29) is 5.92 Å². The van der Waals surface area contributed by atoms with E-state index in [0.29, 0.717) is 11.9 Å². The zero-order chi connectivity index (χ0) is 7.84. The maximum atomic E-state index is 11.5. The summed E-state index contributed by atoms with van der Waals surface area (Å²) < 4.78 is 0. The van der Waals surface area contributed by atoms with Gasteiger partial charge in [0.25, 0.3) is 0 Å². The molecule has 11 heavy (non-hydrogen) atoms. The first-order chi connectivity index (χ1) is 5.29. The lowest BCUT2D eigenvalue weighted by Crippen LogP contribution is -2.43. The van der Waals surface area contributed by atoms with Gasteiger partial charge in [0.15, 0.2) is 0 Å². The number of carbonyl (C=O) groups is 1. The van der Waals surface area contributed by atoms with E-state index in [0.717, 1.165) is 12.8 Å². The highest BCUT2D eigenvalue weighted by molar-refractivity contribution is 5.81. The maximum Gasteiger partial charge on any atom is 0.229 e. The topological polar surface area (TPSA) is 20.3 Å². The largest absolute Gasteiger partial charge is 0.342 e. The molecular weight excluding hydrogens is 138 g/mol. The molecule has 0 aromatic carbocycles. The normalized spacial score (nSPS) is 36.1. The van der Waals surface area contributed by atoms with Crippen molar-refractivity contribution in [1.29, 1.82) is 0 Å². The van der Waals surface area contributed by atoms with Crippen molar-refractivity contribution in [3.63, 3.8) is 0 Å². The van der Waals surface area contributed by atoms with E-state index in [2.05, 4.69) is 12.2 Å². The van der Waals surface area contributed by atoms with Gasteiger partial charge in [0.2, 0.25) is 5.91 Å². The first-order valence-electron chi connectivity index (χ1n) is 4.22. The second-order valence-corrected chi connectivity index (χ2v) is 3.45. The number of rotatable bonds is 0. The molecule has 2 heteroatoms. The van der Waals surface area contributed by atoms with Crippen LogP contribution < -0.4 is 0 Å². The highest BCUT2D eigenvalue weighted by atomic mass is 16.2. The van der Waals surface area contributed by atoms with Crippen molar-refractivity contribution in [1.82, 2.24) is 4.90 Å². The van der Waals surface area contributed by atoms with Crippen LogP contribution in [-0.2, 0) is 4.79 Å². The van der Waals surface area contributed by atoms with Gasteiger partial charge in [-0.25, -0.2) is 0 Å². The molecule has 2 nitrogen and oxygen atoms in total. The highest BCUT2D eigenvalue weighted by Gasteiger charge is 2.32. The molecule has 1 amide bonds. The molecule has 0 aromatic rings. The Morgan fingerprint density at radius 3 is 3.18 bits per heavy atom. The van der Waals surface area contributed by atoms with Crippen LogP contribution in [0.4, 0.5) is 0 Å². The molecule has 3 rings (SSSR count). The van der Waals surface area contributed by atoms with Crippen molar-refractivity contribution >= 4 is 5.91 Å². The van der Waals surface area contributed by atoms with Crippen LogP contribution in [0, 0.1) is 5.92 Å². The number of fused-ring (bicyclic) bond motifs is 3. The van der Waals surface area contributed by atoms with E-state index in [1.165, 1.54) is 6.42 Å². The van der Waals surface area contributed by atoms with Crippen LogP contribution in [-0.4, -0.2) is 23.9 Å². The Hall–Kier alpha value is -0.790. The van der Waals surface area contributed by atoms with Gasteiger partial charge in [-0.3, -0.25) is 4.79 Å². The molecule has 0 spiro atoms. The molecule has 2 bridgehead atoms. The number of piperidine rings is 1. The Labute approximate surface area is 66.9 Å². The van der Waals surface area contributed by atoms with Crippen molar-refractivity contribution in [3.05, 3.63) is 12.2 Å². The van der Waals surface area contributed by atoms with Crippen molar-refractivity contribution in [3.8, 4) is 0 Å².